The van der Waals surface area contributed by atoms with Gasteiger partial charge in [0.1, 0.15) is 0 Å². The normalized spacial score (nSPS) is 10.4. The van der Waals surface area contributed by atoms with E-state index in [0.717, 1.165) is 12.1 Å². The zero-order valence-electron chi connectivity index (χ0n) is 7.13. The van der Waals surface area contributed by atoms with Crippen molar-refractivity contribution in [1.82, 2.24) is 0 Å². The van der Waals surface area contributed by atoms with E-state index in [0.29, 0.717) is 6.29 Å². The maximum atomic E-state index is 10.7. The van der Waals surface area contributed by atoms with Crippen LogP contribution in [0.5, 0.6) is 0 Å². The number of benzene rings is 1. The summed E-state index contributed by atoms with van der Waals surface area (Å²) >= 11 is 0. The number of hydrogen-bond donors (Lipinski definition) is 0. The van der Waals surface area contributed by atoms with Crippen LogP contribution in [0.3, 0.4) is 0 Å². The van der Waals surface area contributed by atoms with Crippen molar-refractivity contribution < 1.29 is 18.6 Å². The highest BCUT2D eigenvalue weighted by Crippen LogP contribution is 2.23. The Bertz CT molecular complexity index is 607. The predicted octanol–water partition coefficient (Wildman–Crippen LogP) is 1.11. The third-order valence-electron chi connectivity index (χ3n) is 1.80. The zero-order valence-corrected chi connectivity index (χ0v) is 7.13. The summed E-state index contributed by atoms with van der Waals surface area (Å²) in [7, 11) is 0. The molecule has 0 N–H and O–H groups in total. The lowest BCUT2D eigenvalue weighted by Gasteiger charge is -1.93. The van der Waals surface area contributed by atoms with Crippen molar-refractivity contribution in [3.8, 4) is 0 Å². The summed E-state index contributed by atoms with van der Waals surface area (Å²) in [5.74, 6) is -0.970. The van der Waals surface area contributed by atoms with E-state index in [4.69, 9.17) is 0 Å². The van der Waals surface area contributed by atoms with E-state index in [2.05, 4.69) is 8.83 Å². The van der Waals surface area contributed by atoms with Gasteiger partial charge in [0.25, 0.3) is 5.69 Å². The first-order valence-electron chi connectivity index (χ1n) is 3.79. The van der Waals surface area contributed by atoms with Crippen molar-refractivity contribution in [2.75, 3.05) is 0 Å². The molecule has 15 heavy (non-hydrogen) atoms. The number of carbonyl (C=O) groups is 1. The van der Waals surface area contributed by atoms with E-state index < -0.39 is 16.4 Å². The largest absolute Gasteiger partial charge is 0.519 e. The number of fused-ring (bicyclic) bond motifs is 1. The average molecular weight is 209 g/mol. The lowest BCUT2D eigenvalue weighted by atomic mass is 10.2. The van der Waals surface area contributed by atoms with Gasteiger partial charge in [0.15, 0.2) is 17.5 Å². The molecule has 0 aliphatic carbocycles. The first kappa shape index (κ1) is 9.13. The van der Waals surface area contributed by atoms with Gasteiger partial charge >= 0.3 is 5.82 Å². The van der Waals surface area contributed by atoms with Crippen LogP contribution in [0.25, 0.3) is 11.2 Å². The smallest absolute Gasteiger partial charge is 0.391 e. The molecule has 0 saturated heterocycles. The van der Waals surface area contributed by atoms with Crippen LogP contribution >= 0.6 is 0 Å². The molecule has 2 rings (SSSR count). The van der Waals surface area contributed by atoms with Crippen LogP contribution < -0.4 is 5.82 Å². The van der Waals surface area contributed by atoms with E-state index in [1.54, 1.807) is 0 Å². The zero-order chi connectivity index (χ0) is 11.0. The molecule has 0 aliphatic rings. The first-order valence-corrected chi connectivity index (χ1v) is 3.79. The molecule has 0 aliphatic heterocycles. The minimum Gasteiger partial charge on any atom is -0.391 e. The van der Waals surface area contributed by atoms with Crippen LogP contribution in [0.4, 0.5) is 5.69 Å². The molecule has 0 spiro atoms. The molecule has 1 heterocycles. The van der Waals surface area contributed by atoms with Gasteiger partial charge in [-0.3, -0.25) is 14.9 Å². The molecule has 1 aromatic heterocycles. The summed E-state index contributed by atoms with van der Waals surface area (Å²) in [6.45, 7) is 0. The lowest BCUT2D eigenvalue weighted by Crippen LogP contribution is -1.93. The monoisotopic (exact) mass is 209 g/mol. The number of nitrogens with zero attached hydrogens (tertiary/aromatic N) is 1. The van der Waals surface area contributed by atoms with Gasteiger partial charge in [0.05, 0.1) is 16.6 Å². The van der Waals surface area contributed by atoms with E-state index in [-0.39, 0.29) is 16.7 Å². The third kappa shape index (κ3) is 1.39. The predicted molar refractivity (Wildman–Crippen MR) is 46.8 cm³/mol. The topological polar surface area (TPSA) is 104 Å². The molecule has 0 bridgehead atoms. The maximum Gasteiger partial charge on any atom is 0.519 e. The number of aldehydes is 1. The van der Waals surface area contributed by atoms with Crippen molar-refractivity contribution in [1.29, 1.82) is 0 Å². The highest BCUT2D eigenvalue weighted by molar-refractivity contribution is 5.88. The molecule has 1 aromatic carbocycles. The summed E-state index contributed by atoms with van der Waals surface area (Å²) in [5.41, 5.74) is -0.649. The first-order chi connectivity index (χ1) is 7.11. The molecule has 0 atom stereocenters. The molecule has 0 radical (unpaired) electrons. The fraction of sp³-hybridized carbons (Fsp3) is 0. The Morgan fingerprint density at radius 1 is 1.27 bits per heavy atom. The number of rotatable bonds is 2. The van der Waals surface area contributed by atoms with Gasteiger partial charge in [-0.1, -0.05) is 0 Å². The van der Waals surface area contributed by atoms with Gasteiger partial charge in [-0.2, -0.15) is 0 Å². The van der Waals surface area contributed by atoms with Gasteiger partial charge < -0.3 is 8.83 Å². The third-order valence-corrected chi connectivity index (χ3v) is 1.80. The second-order valence-electron chi connectivity index (χ2n) is 2.69. The Kier molecular flexibility index (Phi) is 1.86. The van der Waals surface area contributed by atoms with Crippen molar-refractivity contribution in [3.05, 3.63) is 38.4 Å². The Morgan fingerprint density at radius 2 is 1.87 bits per heavy atom. The summed E-state index contributed by atoms with van der Waals surface area (Å²) in [4.78, 5) is 31.0. The van der Waals surface area contributed by atoms with Crippen LogP contribution in [0.2, 0.25) is 0 Å². The molecule has 76 valence electrons. The van der Waals surface area contributed by atoms with Gasteiger partial charge in [0, 0.05) is 6.07 Å². The molecular weight excluding hydrogens is 206 g/mol. The van der Waals surface area contributed by atoms with Crippen LogP contribution in [0, 0.1) is 10.1 Å². The number of hydrogen-bond acceptors (Lipinski definition) is 6. The van der Waals surface area contributed by atoms with Crippen molar-refractivity contribution in [3.63, 3.8) is 0 Å². The molecule has 0 saturated carbocycles. The minimum absolute atomic E-state index is 0.00713. The Labute approximate surface area is 81.1 Å². The van der Waals surface area contributed by atoms with E-state index >= 15 is 0 Å². The fourth-order valence-electron chi connectivity index (χ4n) is 1.18. The summed E-state index contributed by atoms with van der Waals surface area (Å²) in [5, 5.41) is 10.5. The van der Waals surface area contributed by atoms with Crippen LogP contribution in [0.15, 0.2) is 25.8 Å². The summed E-state index contributed by atoms with van der Waals surface area (Å²) < 4.78 is 9.06. The molecule has 0 amide bonds. The highest BCUT2D eigenvalue weighted by atomic mass is 16.6. The Hall–Kier alpha value is -2.44. The van der Waals surface area contributed by atoms with Gasteiger partial charge in [0.2, 0.25) is 0 Å². The quantitative estimate of drug-likeness (QED) is 0.416. The van der Waals surface area contributed by atoms with Crippen LogP contribution in [-0.4, -0.2) is 11.2 Å². The van der Waals surface area contributed by atoms with E-state index in [9.17, 15) is 19.7 Å². The number of nitro benzene ring substituents is 1. The van der Waals surface area contributed by atoms with Crippen molar-refractivity contribution in [2.45, 2.75) is 0 Å². The SMILES string of the molecule is O=Cc1cc2oc(=O)oc2cc1[N+](=O)[O-]. The molecule has 7 nitrogen and oxygen atoms in total. The maximum absolute atomic E-state index is 10.7. The highest BCUT2D eigenvalue weighted by Gasteiger charge is 2.17. The fourth-order valence-corrected chi connectivity index (χ4v) is 1.18. The van der Waals surface area contributed by atoms with E-state index in [1.165, 1.54) is 0 Å². The standard InChI is InChI=1S/C8H3NO6/c10-3-4-1-6-7(15-8(11)14-6)2-5(4)9(12)13/h1-3H. The van der Waals surface area contributed by atoms with Gasteiger partial charge in [-0.15, -0.1) is 0 Å². The minimum atomic E-state index is -0.970. The lowest BCUT2D eigenvalue weighted by molar-refractivity contribution is -0.385. The van der Waals surface area contributed by atoms with Crippen molar-refractivity contribution in [2.24, 2.45) is 0 Å². The molecule has 0 fully saturated rings. The van der Waals surface area contributed by atoms with Gasteiger partial charge in [-0.25, -0.2) is 4.79 Å². The second-order valence-corrected chi connectivity index (χ2v) is 2.69. The van der Waals surface area contributed by atoms with Crippen LogP contribution in [-0.2, 0) is 0 Å². The Morgan fingerprint density at radius 3 is 2.40 bits per heavy atom. The number of carbonyl (C=O) groups excluding carboxylic acids is 1. The van der Waals surface area contributed by atoms with Crippen molar-refractivity contribution >= 4 is 23.1 Å². The van der Waals surface area contributed by atoms with Crippen LogP contribution in [0.1, 0.15) is 10.4 Å². The molecule has 2 aromatic rings. The van der Waals surface area contributed by atoms with Gasteiger partial charge in [-0.05, 0) is 0 Å². The average Bonchev–Trinajstić information content (AvgIpc) is 2.54. The number of nitro groups is 1. The summed E-state index contributed by atoms with van der Waals surface area (Å²) in [6.07, 6.45) is 0.310. The molecule has 0 unspecified atom stereocenters. The second kappa shape index (κ2) is 3.05. The van der Waals surface area contributed by atoms with E-state index in [1.807, 2.05) is 0 Å². The molecule has 7 heteroatoms. The molecular formula is C8H3NO6. The Balaban J connectivity index is 2.84. The summed E-state index contributed by atoms with van der Waals surface area (Å²) in [6, 6.07) is 2.06.